The molecule has 1 aromatic carbocycles. The number of carbonyl (C=O) groups is 1. The maximum absolute atomic E-state index is 12.4. The number of carbonyl (C=O) groups excluding carboxylic acids is 1. The van der Waals surface area contributed by atoms with Crippen LogP contribution in [0, 0.1) is 18.3 Å². The number of urea groups is 1. The van der Waals surface area contributed by atoms with Gasteiger partial charge in [0, 0.05) is 44.5 Å². The Kier molecular flexibility index (Phi) is 4.79. The molecule has 1 unspecified atom stereocenters. The molecule has 2 saturated heterocycles. The van der Waals surface area contributed by atoms with Gasteiger partial charge in [-0.15, -0.1) is 0 Å². The molecule has 6 nitrogen and oxygen atoms in total. The molecule has 1 aromatic rings. The van der Waals surface area contributed by atoms with E-state index in [1.54, 1.807) is 6.07 Å². The van der Waals surface area contributed by atoms with E-state index in [-0.39, 0.29) is 6.03 Å². The van der Waals surface area contributed by atoms with Gasteiger partial charge in [0.25, 0.3) is 0 Å². The number of anilines is 1. The Bertz CT molecular complexity index is 610. The third kappa shape index (κ3) is 3.63. The normalized spacial score (nSPS) is 21.9. The maximum Gasteiger partial charge on any atom is 0.321 e. The molecule has 2 amide bonds. The van der Waals surface area contributed by atoms with E-state index in [9.17, 15) is 4.79 Å². The monoisotopic (exact) mass is 313 g/mol. The number of hydrogen-bond acceptors (Lipinski definition) is 4. The van der Waals surface area contributed by atoms with Crippen LogP contribution in [0.25, 0.3) is 0 Å². The molecule has 122 valence electrons. The van der Waals surface area contributed by atoms with Crippen LogP contribution >= 0.6 is 0 Å². The third-order valence-corrected chi connectivity index (χ3v) is 4.76. The van der Waals surface area contributed by atoms with Crippen molar-refractivity contribution >= 4 is 11.7 Å². The van der Waals surface area contributed by atoms with E-state index in [0.717, 1.165) is 44.8 Å². The summed E-state index contributed by atoms with van der Waals surface area (Å²) in [5, 5.41) is 15.4. The smallest absolute Gasteiger partial charge is 0.321 e. The average molecular weight is 313 g/mol. The van der Waals surface area contributed by atoms with E-state index in [0.29, 0.717) is 17.3 Å². The lowest BCUT2D eigenvalue weighted by Crippen LogP contribution is -2.53. The zero-order valence-corrected chi connectivity index (χ0v) is 13.5. The zero-order valence-electron chi connectivity index (χ0n) is 13.5. The van der Waals surface area contributed by atoms with Crippen molar-refractivity contribution in [1.29, 1.82) is 5.26 Å². The molecular formula is C17H23N5O. The van der Waals surface area contributed by atoms with Gasteiger partial charge in [0.15, 0.2) is 0 Å². The first-order chi connectivity index (χ1) is 11.2. The van der Waals surface area contributed by atoms with E-state index < -0.39 is 0 Å². The van der Waals surface area contributed by atoms with Crippen molar-refractivity contribution in [3.63, 3.8) is 0 Å². The number of rotatable bonds is 2. The summed E-state index contributed by atoms with van der Waals surface area (Å²) in [6.07, 6.45) is 1.20. The molecule has 2 aliphatic heterocycles. The van der Waals surface area contributed by atoms with Crippen molar-refractivity contribution in [2.45, 2.75) is 19.4 Å². The second-order valence-electron chi connectivity index (χ2n) is 6.24. The highest BCUT2D eigenvalue weighted by Crippen LogP contribution is 2.16. The molecule has 23 heavy (non-hydrogen) atoms. The highest BCUT2D eigenvalue weighted by Gasteiger charge is 2.27. The van der Waals surface area contributed by atoms with Crippen molar-refractivity contribution in [3.05, 3.63) is 29.3 Å². The van der Waals surface area contributed by atoms with Crippen LogP contribution in [0.3, 0.4) is 0 Å². The summed E-state index contributed by atoms with van der Waals surface area (Å²) in [5.41, 5.74) is 2.20. The molecule has 0 aromatic heterocycles. The number of piperazine rings is 1. The minimum Gasteiger partial charge on any atom is -0.322 e. The van der Waals surface area contributed by atoms with Gasteiger partial charge in [-0.3, -0.25) is 4.90 Å². The van der Waals surface area contributed by atoms with Gasteiger partial charge in [0.05, 0.1) is 11.6 Å². The number of nitrogens with one attached hydrogen (secondary N) is 2. The second-order valence-corrected chi connectivity index (χ2v) is 6.24. The standard InChI is InChI=1S/C17H23N5O/c1-13-2-3-15(10-14(13)11-18)20-17(23)22-8-6-21(7-9-22)16-4-5-19-12-16/h2-3,10,16,19H,4-9,12H2,1H3,(H,20,23). The molecule has 0 spiro atoms. The summed E-state index contributed by atoms with van der Waals surface area (Å²) in [4.78, 5) is 16.7. The molecule has 2 fully saturated rings. The summed E-state index contributed by atoms with van der Waals surface area (Å²) in [6.45, 7) is 7.40. The molecule has 2 aliphatic rings. The summed E-state index contributed by atoms with van der Waals surface area (Å²) in [6, 6.07) is 8.12. The Hall–Kier alpha value is -2.10. The van der Waals surface area contributed by atoms with Gasteiger partial charge in [-0.1, -0.05) is 6.07 Å². The average Bonchev–Trinajstić information content (AvgIpc) is 3.11. The van der Waals surface area contributed by atoms with Crippen LogP contribution in [0.1, 0.15) is 17.5 Å². The van der Waals surface area contributed by atoms with Crippen molar-refractivity contribution < 1.29 is 4.79 Å². The Morgan fingerprint density at radius 1 is 1.35 bits per heavy atom. The Morgan fingerprint density at radius 3 is 2.78 bits per heavy atom. The molecule has 0 bridgehead atoms. The minimum atomic E-state index is -0.0815. The fraction of sp³-hybridized carbons (Fsp3) is 0.529. The number of aryl methyl sites for hydroxylation is 1. The lowest BCUT2D eigenvalue weighted by molar-refractivity contribution is 0.119. The Labute approximate surface area is 137 Å². The van der Waals surface area contributed by atoms with Crippen LogP contribution in [-0.2, 0) is 0 Å². The molecule has 6 heteroatoms. The number of nitrogens with zero attached hydrogens (tertiary/aromatic N) is 3. The topological polar surface area (TPSA) is 71.4 Å². The van der Waals surface area contributed by atoms with Crippen LogP contribution in [0.5, 0.6) is 0 Å². The molecule has 3 rings (SSSR count). The predicted octanol–water partition coefficient (Wildman–Crippen LogP) is 1.38. The van der Waals surface area contributed by atoms with Crippen LogP contribution < -0.4 is 10.6 Å². The predicted molar refractivity (Wildman–Crippen MR) is 89.3 cm³/mol. The highest BCUT2D eigenvalue weighted by atomic mass is 16.2. The summed E-state index contributed by atoms with van der Waals surface area (Å²) >= 11 is 0. The van der Waals surface area contributed by atoms with Crippen LogP contribution in [-0.4, -0.2) is 61.1 Å². The van der Waals surface area contributed by atoms with E-state index in [1.165, 1.54) is 6.42 Å². The maximum atomic E-state index is 12.4. The first-order valence-corrected chi connectivity index (χ1v) is 8.19. The first-order valence-electron chi connectivity index (χ1n) is 8.19. The van der Waals surface area contributed by atoms with E-state index in [4.69, 9.17) is 5.26 Å². The number of amides is 2. The lowest BCUT2D eigenvalue weighted by atomic mass is 10.1. The van der Waals surface area contributed by atoms with Crippen molar-refractivity contribution in [2.24, 2.45) is 0 Å². The number of nitriles is 1. The summed E-state index contributed by atoms with van der Waals surface area (Å²) in [5.74, 6) is 0. The van der Waals surface area contributed by atoms with Gasteiger partial charge in [0.1, 0.15) is 0 Å². The van der Waals surface area contributed by atoms with Gasteiger partial charge in [-0.05, 0) is 37.6 Å². The van der Waals surface area contributed by atoms with E-state index >= 15 is 0 Å². The molecule has 0 radical (unpaired) electrons. The fourth-order valence-corrected chi connectivity index (χ4v) is 3.26. The first kappa shape index (κ1) is 15.8. The van der Waals surface area contributed by atoms with Crippen molar-refractivity contribution in [1.82, 2.24) is 15.1 Å². The molecular weight excluding hydrogens is 290 g/mol. The van der Waals surface area contributed by atoms with Gasteiger partial charge in [-0.2, -0.15) is 5.26 Å². The van der Waals surface area contributed by atoms with Gasteiger partial charge < -0.3 is 15.5 Å². The van der Waals surface area contributed by atoms with Gasteiger partial charge in [-0.25, -0.2) is 4.79 Å². The fourth-order valence-electron chi connectivity index (χ4n) is 3.26. The Morgan fingerprint density at radius 2 is 2.13 bits per heavy atom. The summed E-state index contributed by atoms with van der Waals surface area (Å²) < 4.78 is 0. The Balaban J connectivity index is 1.54. The molecule has 2 N–H and O–H groups in total. The van der Waals surface area contributed by atoms with Crippen molar-refractivity contribution in [2.75, 3.05) is 44.6 Å². The lowest BCUT2D eigenvalue weighted by Gasteiger charge is -2.37. The SMILES string of the molecule is Cc1ccc(NC(=O)N2CCN(C3CCNC3)CC2)cc1C#N. The largest absolute Gasteiger partial charge is 0.322 e. The number of benzene rings is 1. The van der Waals surface area contributed by atoms with E-state index in [2.05, 4.69) is 21.6 Å². The van der Waals surface area contributed by atoms with Crippen molar-refractivity contribution in [3.8, 4) is 6.07 Å². The zero-order chi connectivity index (χ0) is 16.2. The minimum absolute atomic E-state index is 0.0815. The molecule has 1 atom stereocenters. The van der Waals surface area contributed by atoms with Crippen LogP contribution in [0.2, 0.25) is 0 Å². The molecule has 0 saturated carbocycles. The van der Waals surface area contributed by atoms with Crippen LogP contribution in [0.4, 0.5) is 10.5 Å². The molecule has 0 aliphatic carbocycles. The van der Waals surface area contributed by atoms with E-state index in [1.807, 2.05) is 24.0 Å². The second kappa shape index (κ2) is 6.99. The molecule has 2 heterocycles. The number of hydrogen-bond donors (Lipinski definition) is 2. The van der Waals surface area contributed by atoms with Gasteiger partial charge in [0.2, 0.25) is 0 Å². The quantitative estimate of drug-likeness (QED) is 0.865. The summed E-state index contributed by atoms with van der Waals surface area (Å²) in [7, 11) is 0. The van der Waals surface area contributed by atoms with Crippen LogP contribution in [0.15, 0.2) is 18.2 Å². The van der Waals surface area contributed by atoms with Gasteiger partial charge >= 0.3 is 6.03 Å². The highest BCUT2D eigenvalue weighted by molar-refractivity contribution is 5.89. The third-order valence-electron chi connectivity index (χ3n) is 4.76.